The van der Waals surface area contributed by atoms with E-state index in [4.69, 9.17) is 4.42 Å². The van der Waals surface area contributed by atoms with Gasteiger partial charge in [0.15, 0.2) is 0 Å². The van der Waals surface area contributed by atoms with Crippen LogP contribution < -0.4 is 5.32 Å². The van der Waals surface area contributed by atoms with Crippen LogP contribution in [0.25, 0.3) is 22.4 Å². The Kier molecular flexibility index (Phi) is 5.67. The van der Waals surface area contributed by atoms with Gasteiger partial charge in [0, 0.05) is 22.8 Å². The van der Waals surface area contributed by atoms with Crippen molar-refractivity contribution in [3.8, 4) is 11.5 Å². The molecule has 7 heteroatoms. The summed E-state index contributed by atoms with van der Waals surface area (Å²) in [7, 11) is 0. The van der Waals surface area contributed by atoms with E-state index in [1.165, 1.54) is 11.8 Å². The van der Waals surface area contributed by atoms with E-state index >= 15 is 0 Å². The van der Waals surface area contributed by atoms with Crippen molar-refractivity contribution in [3.63, 3.8) is 0 Å². The first kappa shape index (κ1) is 19.3. The number of aromatic amines is 1. The maximum absolute atomic E-state index is 12.5. The highest BCUT2D eigenvalue weighted by atomic mass is 32.2. The van der Waals surface area contributed by atoms with Crippen molar-refractivity contribution in [2.75, 3.05) is 11.1 Å². The molecule has 0 aliphatic rings. The van der Waals surface area contributed by atoms with Gasteiger partial charge in [-0.2, -0.15) is 0 Å². The van der Waals surface area contributed by atoms with Gasteiger partial charge in [-0.25, -0.2) is 0 Å². The van der Waals surface area contributed by atoms with Crippen molar-refractivity contribution in [2.24, 2.45) is 0 Å². The van der Waals surface area contributed by atoms with Crippen LogP contribution in [0.4, 0.5) is 5.69 Å². The van der Waals surface area contributed by atoms with Crippen LogP contribution in [-0.2, 0) is 17.6 Å². The minimum atomic E-state index is -0.0857. The highest BCUT2D eigenvalue weighted by molar-refractivity contribution is 7.99. The zero-order chi connectivity index (χ0) is 20.2. The first-order chi connectivity index (χ1) is 14.2. The second kappa shape index (κ2) is 8.53. The number of carbonyl (C=O) groups excluding carboxylic acids is 1. The fraction of sp³-hybridized carbons (Fsp3) is 0.227. The molecular weight excluding hydrogens is 384 g/mol. The summed E-state index contributed by atoms with van der Waals surface area (Å²) in [5.74, 6) is 0.559. The van der Waals surface area contributed by atoms with Gasteiger partial charge in [0.05, 0.1) is 11.3 Å². The van der Waals surface area contributed by atoms with Crippen LogP contribution >= 0.6 is 11.8 Å². The maximum Gasteiger partial charge on any atom is 0.277 e. The van der Waals surface area contributed by atoms with Crippen LogP contribution in [0.1, 0.15) is 25.0 Å². The van der Waals surface area contributed by atoms with E-state index in [-0.39, 0.29) is 11.7 Å². The first-order valence-corrected chi connectivity index (χ1v) is 10.6. The van der Waals surface area contributed by atoms with Crippen molar-refractivity contribution in [1.82, 2.24) is 15.2 Å². The molecule has 0 aliphatic carbocycles. The molecule has 0 bridgehead atoms. The van der Waals surface area contributed by atoms with Crippen LogP contribution in [0.3, 0.4) is 0 Å². The number of amides is 1. The molecule has 0 saturated carbocycles. The summed E-state index contributed by atoms with van der Waals surface area (Å²) in [6.45, 7) is 4.17. The van der Waals surface area contributed by atoms with Gasteiger partial charge in [-0.3, -0.25) is 4.79 Å². The van der Waals surface area contributed by atoms with Gasteiger partial charge in [-0.05, 0) is 30.0 Å². The van der Waals surface area contributed by atoms with Crippen LogP contribution in [0.2, 0.25) is 0 Å². The van der Waals surface area contributed by atoms with E-state index in [9.17, 15) is 4.79 Å². The predicted molar refractivity (Wildman–Crippen MR) is 116 cm³/mol. The normalized spacial score (nSPS) is 11.1. The molecule has 0 aliphatic heterocycles. The quantitative estimate of drug-likeness (QED) is 0.419. The zero-order valence-electron chi connectivity index (χ0n) is 16.4. The highest BCUT2D eigenvalue weighted by Gasteiger charge is 2.15. The predicted octanol–water partition coefficient (Wildman–Crippen LogP) is 5.07. The molecule has 0 radical (unpaired) electrons. The Morgan fingerprint density at radius 1 is 1.07 bits per heavy atom. The minimum absolute atomic E-state index is 0.0857. The van der Waals surface area contributed by atoms with E-state index in [2.05, 4.69) is 34.3 Å². The summed E-state index contributed by atoms with van der Waals surface area (Å²) in [5, 5.41) is 12.7. The molecule has 2 heterocycles. The smallest absolute Gasteiger partial charge is 0.277 e. The molecule has 148 valence electrons. The average molecular weight is 407 g/mol. The Bertz CT molecular complexity index is 1130. The number of H-pyrrole nitrogens is 1. The largest absolute Gasteiger partial charge is 0.411 e. The van der Waals surface area contributed by atoms with Crippen molar-refractivity contribution in [3.05, 3.63) is 59.8 Å². The van der Waals surface area contributed by atoms with Crippen molar-refractivity contribution in [1.29, 1.82) is 0 Å². The summed E-state index contributed by atoms with van der Waals surface area (Å²) >= 11 is 1.24. The zero-order valence-corrected chi connectivity index (χ0v) is 17.2. The number of aryl methyl sites for hydroxylation is 2. The lowest BCUT2D eigenvalue weighted by molar-refractivity contribution is -0.113. The van der Waals surface area contributed by atoms with E-state index in [1.54, 1.807) is 0 Å². The number of thioether (sulfide) groups is 1. The lowest BCUT2D eigenvalue weighted by Gasteiger charge is -2.13. The number of fused-ring (bicyclic) bond motifs is 1. The summed E-state index contributed by atoms with van der Waals surface area (Å²) in [6, 6.07) is 14.1. The van der Waals surface area contributed by atoms with Crippen molar-refractivity contribution >= 4 is 34.3 Å². The molecule has 0 fully saturated rings. The standard InChI is InChI=1S/C22H22N4O2S/c1-3-14-8-7-9-15(4-2)20(14)24-19(27)13-29-22-26-25-21(28-22)17-12-23-18-11-6-5-10-16(17)18/h5-12,23H,3-4,13H2,1-2H3,(H,24,27). The van der Waals surface area contributed by atoms with Crippen molar-refractivity contribution in [2.45, 2.75) is 31.9 Å². The summed E-state index contributed by atoms with van der Waals surface area (Å²) < 4.78 is 5.77. The van der Waals surface area contributed by atoms with Gasteiger partial charge < -0.3 is 14.7 Å². The Morgan fingerprint density at radius 2 is 1.83 bits per heavy atom. The topological polar surface area (TPSA) is 83.8 Å². The molecule has 2 aromatic heterocycles. The van der Waals surface area contributed by atoms with E-state index in [0.717, 1.165) is 46.1 Å². The van der Waals surface area contributed by atoms with E-state index < -0.39 is 0 Å². The van der Waals surface area contributed by atoms with E-state index in [0.29, 0.717) is 11.1 Å². The number of nitrogens with zero attached hydrogens (tertiary/aromatic N) is 2. The number of carbonyl (C=O) groups is 1. The Morgan fingerprint density at radius 3 is 2.59 bits per heavy atom. The maximum atomic E-state index is 12.5. The molecule has 0 atom stereocenters. The molecule has 0 spiro atoms. The number of nitrogens with one attached hydrogen (secondary N) is 2. The van der Waals surface area contributed by atoms with Crippen LogP contribution in [-0.4, -0.2) is 26.8 Å². The second-order valence-corrected chi connectivity index (χ2v) is 7.54. The highest BCUT2D eigenvalue weighted by Crippen LogP contribution is 2.29. The van der Waals surface area contributed by atoms with Gasteiger partial charge >= 0.3 is 0 Å². The Balaban J connectivity index is 1.44. The van der Waals surface area contributed by atoms with Gasteiger partial charge in [0.2, 0.25) is 5.91 Å². The number of aromatic nitrogens is 3. The number of rotatable bonds is 7. The van der Waals surface area contributed by atoms with Crippen LogP contribution in [0, 0.1) is 0 Å². The number of para-hydroxylation sites is 2. The second-order valence-electron chi connectivity index (χ2n) is 6.62. The molecular formula is C22H22N4O2S. The van der Waals surface area contributed by atoms with Gasteiger partial charge in [-0.15, -0.1) is 10.2 Å². The first-order valence-electron chi connectivity index (χ1n) is 9.63. The van der Waals surface area contributed by atoms with E-state index in [1.807, 2.05) is 48.7 Å². The summed E-state index contributed by atoms with van der Waals surface area (Å²) in [5.41, 5.74) is 5.07. The van der Waals surface area contributed by atoms with Crippen LogP contribution in [0.5, 0.6) is 0 Å². The lowest BCUT2D eigenvalue weighted by Crippen LogP contribution is -2.16. The Hall–Kier alpha value is -3.06. The van der Waals surface area contributed by atoms with Gasteiger partial charge in [0.1, 0.15) is 0 Å². The van der Waals surface area contributed by atoms with Gasteiger partial charge in [0.25, 0.3) is 11.1 Å². The third-order valence-corrected chi connectivity index (χ3v) is 5.63. The lowest BCUT2D eigenvalue weighted by atomic mass is 10.0. The van der Waals surface area contributed by atoms with Crippen LogP contribution in [0.15, 0.2) is 58.3 Å². The molecule has 0 unspecified atom stereocenters. The van der Waals surface area contributed by atoms with Gasteiger partial charge in [-0.1, -0.05) is 62.0 Å². The molecule has 4 rings (SSSR count). The molecule has 0 saturated heterocycles. The number of hydrogen-bond acceptors (Lipinski definition) is 5. The molecule has 2 N–H and O–H groups in total. The average Bonchev–Trinajstić information content (AvgIpc) is 3.39. The summed E-state index contributed by atoms with van der Waals surface area (Å²) in [6.07, 6.45) is 3.59. The minimum Gasteiger partial charge on any atom is -0.411 e. The molecule has 4 aromatic rings. The molecule has 1 amide bonds. The fourth-order valence-corrected chi connectivity index (χ4v) is 3.89. The molecule has 29 heavy (non-hydrogen) atoms. The molecule has 2 aromatic carbocycles. The Labute approximate surface area is 173 Å². The third kappa shape index (κ3) is 4.05. The fourth-order valence-electron chi connectivity index (χ4n) is 3.33. The number of anilines is 1. The summed E-state index contributed by atoms with van der Waals surface area (Å²) in [4.78, 5) is 15.7. The monoisotopic (exact) mass is 406 g/mol. The SMILES string of the molecule is CCc1cccc(CC)c1NC(=O)CSc1nnc(-c2c[nH]c3ccccc23)o1. The number of benzene rings is 2. The third-order valence-electron chi connectivity index (χ3n) is 4.82. The van der Waals surface area contributed by atoms with Crippen molar-refractivity contribution < 1.29 is 9.21 Å². The number of hydrogen-bond donors (Lipinski definition) is 2. The molecule has 6 nitrogen and oxygen atoms in total.